The summed E-state index contributed by atoms with van der Waals surface area (Å²) in [6, 6.07) is 4.47. The molecular formula is C14H17N5O. The molecule has 2 aromatic rings. The highest BCUT2D eigenvalue weighted by Crippen LogP contribution is 2.21. The standard InChI is InChI=1S/C14H17N5O/c1-11-6-14(20-17-11)3-5-18-4-2-13(10-18)19-9-12(7-15)8-16-19/h6,8-9,13H,2-5,10H2,1H3. The Morgan fingerprint density at radius 1 is 1.55 bits per heavy atom. The Bertz CT molecular complexity index is 624. The van der Waals surface area contributed by atoms with E-state index < -0.39 is 0 Å². The minimum atomic E-state index is 0.369. The van der Waals surface area contributed by atoms with Crippen LogP contribution in [0, 0.1) is 18.3 Å². The van der Waals surface area contributed by atoms with E-state index in [1.165, 1.54) is 0 Å². The summed E-state index contributed by atoms with van der Waals surface area (Å²) < 4.78 is 7.14. The van der Waals surface area contributed by atoms with Gasteiger partial charge < -0.3 is 9.42 Å². The Balaban J connectivity index is 1.53. The smallest absolute Gasteiger partial charge is 0.138 e. The number of aromatic nitrogens is 3. The van der Waals surface area contributed by atoms with Crippen molar-refractivity contribution in [1.82, 2.24) is 19.8 Å². The van der Waals surface area contributed by atoms with E-state index in [9.17, 15) is 0 Å². The molecule has 1 atom stereocenters. The number of nitriles is 1. The van der Waals surface area contributed by atoms with Gasteiger partial charge in [0.2, 0.25) is 0 Å². The molecule has 0 radical (unpaired) electrons. The van der Waals surface area contributed by atoms with Crippen molar-refractivity contribution in [1.29, 1.82) is 5.26 Å². The molecule has 1 unspecified atom stereocenters. The number of likely N-dealkylation sites (tertiary alicyclic amines) is 1. The van der Waals surface area contributed by atoms with Crippen molar-refractivity contribution < 1.29 is 4.52 Å². The van der Waals surface area contributed by atoms with E-state index in [0.717, 1.165) is 43.9 Å². The van der Waals surface area contributed by atoms with Gasteiger partial charge in [0.15, 0.2) is 0 Å². The summed E-state index contributed by atoms with van der Waals surface area (Å²) >= 11 is 0. The molecule has 1 aliphatic heterocycles. The topological polar surface area (TPSA) is 70.9 Å². The molecule has 0 bridgehead atoms. The van der Waals surface area contributed by atoms with Crippen molar-refractivity contribution in [3.8, 4) is 6.07 Å². The van der Waals surface area contributed by atoms with Gasteiger partial charge in [-0.15, -0.1) is 0 Å². The Morgan fingerprint density at radius 3 is 3.15 bits per heavy atom. The molecule has 1 aliphatic rings. The summed E-state index contributed by atoms with van der Waals surface area (Å²) in [5.74, 6) is 0.941. The van der Waals surface area contributed by atoms with Crippen LogP contribution in [-0.2, 0) is 6.42 Å². The number of hydrogen-bond acceptors (Lipinski definition) is 5. The molecule has 6 nitrogen and oxygen atoms in total. The number of aryl methyl sites for hydroxylation is 1. The molecule has 2 aromatic heterocycles. The monoisotopic (exact) mass is 271 g/mol. The second-order valence-corrected chi connectivity index (χ2v) is 5.25. The molecule has 0 N–H and O–H groups in total. The normalized spacial score (nSPS) is 19.3. The van der Waals surface area contributed by atoms with E-state index in [0.29, 0.717) is 11.6 Å². The zero-order valence-corrected chi connectivity index (χ0v) is 11.5. The van der Waals surface area contributed by atoms with Crippen LogP contribution in [0.15, 0.2) is 23.0 Å². The summed E-state index contributed by atoms with van der Waals surface area (Å²) in [7, 11) is 0. The molecule has 0 saturated carbocycles. The molecule has 0 amide bonds. The maximum atomic E-state index is 8.83. The Hall–Kier alpha value is -2.13. The van der Waals surface area contributed by atoms with Crippen LogP contribution in [0.3, 0.4) is 0 Å². The van der Waals surface area contributed by atoms with Crippen molar-refractivity contribution in [3.05, 3.63) is 35.5 Å². The lowest BCUT2D eigenvalue weighted by Crippen LogP contribution is -2.24. The van der Waals surface area contributed by atoms with Gasteiger partial charge in [-0.25, -0.2) is 0 Å². The average Bonchev–Trinajstić information content (AvgIpc) is 3.16. The fourth-order valence-electron chi connectivity index (χ4n) is 2.63. The highest BCUT2D eigenvalue weighted by Gasteiger charge is 2.24. The van der Waals surface area contributed by atoms with Crippen LogP contribution >= 0.6 is 0 Å². The van der Waals surface area contributed by atoms with Crippen LogP contribution in [0.4, 0.5) is 0 Å². The van der Waals surface area contributed by atoms with E-state index >= 15 is 0 Å². The molecule has 0 aromatic carbocycles. The summed E-state index contributed by atoms with van der Waals surface area (Å²) in [5.41, 5.74) is 1.56. The zero-order chi connectivity index (χ0) is 13.9. The maximum absolute atomic E-state index is 8.83. The summed E-state index contributed by atoms with van der Waals surface area (Å²) in [5, 5.41) is 17.0. The van der Waals surface area contributed by atoms with Gasteiger partial charge in [0.05, 0.1) is 23.5 Å². The lowest BCUT2D eigenvalue weighted by molar-refractivity contribution is 0.301. The average molecular weight is 271 g/mol. The van der Waals surface area contributed by atoms with Gasteiger partial charge in [-0.2, -0.15) is 10.4 Å². The SMILES string of the molecule is Cc1cc(CCN2CCC(n3cc(C#N)cn3)C2)on1. The molecule has 3 heterocycles. The molecular weight excluding hydrogens is 254 g/mol. The fourth-order valence-corrected chi connectivity index (χ4v) is 2.63. The van der Waals surface area contributed by atoms with Crippen molar-refractivity contribution in [2.45, 2.75) is 25.8 Å². The van der Waals surface area contributed by atoms with Crippen molar-refractivity contribution in [3.63, 3.8) is 0 Å². The fraction of sp³-hybridized carbons (Fsp3) is 0.500. The molecule has 0 aliphatic carbocycles. The second-order valence-electron chi connectivity index (χ2n) is 5.25. The Morgan fingerprint density at radius 2 is 2.45 bits per heavy atom. The van der Waals surface area contributed by atoms with Crippen LogP contribution in [0.25, 0.3) is 0 Å². The van der Waals surface area contributed by atoms with Gasteiger partial charge in [-0.1, -0.05) is 5.16 Å². The quantitative estimate of drug-likeness (QED) is 0.843. The van der Waals surface area contributed by atoms with Crippen molar-refractivity contribution in [2.75, 3.05) is 19.6 Å². The van der Waals surface area contributed by atoms with Gasteiger partial charge in [0, 0.05) is 38.3 Å². The van der Waals surface area contributed by atoms with E-state index in [2.05, 4.69) is 21.2 Å². The van der Waals surface area contributed by atoms with Crippen LogP contribution in [0.1, 0.15) is 29.5 Å². The Kier molecular flexibility index (Phi) is 3.52. The van der Waals surface area contributed by atoms with E-state index in [1.54, 1.807) is 6.20 Å². The predicted molar refractivity (Wildman–Crippen MR) is 72.0 cm³/mol. The first-order valence-corrected chi connectivity index (χ1v) is 6.83. The van der Waals surface area contributed by atoms with E-state index in [-0.39, 0.29) is 0 Å². The van der Waals surface area contributed by atoms with E-state index in [1.807, 2.05) is 23.9 Å². The van der Waals surface area contributed by atoms with Crippen LogP contribution in [0.2, 0.25) is 0 Å². The molecule has 1 fully saturated rings. The highest BCUT2D eigenvalue weighted by atomic mass is 16.5. The highest BCUT2D eigenvalue weighted by molar-refractivity contribution is 5.22. The number of hydrogen-bond donors (Lipinski definition) is 0. The molecule has 6 heteroatoms. The molecule has 0 spiro atoms. The first kappa shape index (κ1) is 12.9. The number of rotatable bonds is 4. The third-order valence-electron chi connectivity index (χ3n) is 3.70. The lowest BCUT2D eigenvalue weighted by Gasteiger charge is -2.15. The summed E-state index contributed by atoms with van der Waals surface area (Å²) in [6.45, 7) is 4.93. The largest absolute Gasteiger partial charge is 0.361 e. The van der Waals surface area contributed by atoms with Crippen LogP contribution in [-0.4, -0.2) is 39.5 Å². The van der Waals surface area contributed by atoms with Gasteiger partial charge in [-0.05, 0) is 13.3 Å². The Labute approximate surface area is 117 Å². The van der Waals surface area contributed by atoms with Crippen LogP contribution in [0.5, 0.6) is 0 Å². The molecule has 3 rings (SSSR count). The van der Waals surface area contributed by atoms with Gasteiger partial charge in [-0.3, -0.25) is 4.68 Å². The van der Waals surface area contributed by atoms with Gasteiger partial charge in [0.25, 0.3) is 0 Å². The summed E-state index contributed by atoms with van der Waals surface area (Å²) in [4.78, 5) is 2.40. The predicted octanol–water partition coefficient (Wildman–Crippen LogP) is 1.54. The molecule has 20 heavy (non-hydrogen) atoms. The maximum Gasteiger partial charge on any atom is 0.138 e. The third kappa shape index (κ3) is 2.73. The summed E-state index contributed by atoms with van der Waals surface area (Å²) in [6.07, 6.45) is 5.41. The molecule has 104 valence electrons. The van der Waals surface area contributed by atoms with Crippen molar-refractivity contribution >= 4 is 0 Å². The van der Waals surface area contributed by atoms with Gasteiger partial charge >= 0.3 is 0 Å². The minimum Gasteiger partial charge on any atom is -0.361 e. The van der Waals surface area contributed by atoms with Crippen LogP contribution < -0.4 is 0 Å². The van der Waals surface area contributed by atoms with Crippen molar-refractivity contribution in [2.24, 2.45) is 0 Å². The minimum absolute atomic E-state index is 0.369. The first-order valence-electron chi connectivity index (χ1n) is 6.83. The molecule has 1 saturated heterocycles. The lowest BCUT2D eigenvalue weighted by atomic mass is 10.3. The number of nitrogens with zero attached hydrogens (tertiary/aromatic N) is 5. The van der Waals surface area contributed by atoms with Gasteiger partial charge in [0.1, 0.15) is 11.8 Å². The van der Waals surface area contributed by atoms with E-state index in [4.69, 9.17) is 9.78 Å². The second kappa shape index (κ2) is 5.47. The zero-order valence-electron chi connectivity index (χ0n) is 11.5. The first-order chi connectivity index (χ1) is 9.74. The third-order valence-corrected chi connectivity index (χ3v) is 3.70.